The number of ether oxygens (including phenoxy) is 1. The second kappa shape index (κ2) is 5.00. The summed E-state index contributed by atoms with van der Waals surface area (Å²) in [5.74, 6) is -0.507. The number of benzene rings is 1. The van der Waals surface area contributed by atoms with Crippen molar-refractivity contribution in [2.45, 2.75) is 0 Å². The summed E-state index contributed by atoms with van der Waals surface area (Å²) < 4.78 is 29.7. The molecular weight excluding hydrogens is 345 g/mol. The lowest BCUT2D eigenvalue weighted by Crippen LogP contribution is -2.11. The van der Waals surface area contributed by atoms with Crippen molar-refractivity contribution in [1.29, 1.82) is 0 Å². The average molecular weight is 355 g/mol. The van der Waals surface area contributed by atoms with E-state index in [0.29, 0.717) is 14.8 Å². The number of carbonyl (C=O) groups is 1. The van der Waals surface area contributed by atoms with Crippen molar-refractivity contribution in [3.05, 3.63) is 27.3 Å². The van der Waals surface area contributed by atoms with Crippen LogP contribution in [0.2, 0.25) is 0 Å². The maximum atomic E-state index is 11.2. The monoisotopic (exact) mass is 355 g/mol. The maximum absolute atomic E-state index is 11.2. The number of carbonyl (C=O) groups excluding carboxylic acids is 1. The van der Waals surface area contributed by atoms with Crippen molar-refractivity contribution < 1.29 is 17.9 Å². The van der Waals surface area contributed by atoms with E-state index in [9.17, 15) is 13.2 Å². The van der Waals surface area contributed by atoms with E-state index in [4.69, 9.17) is 0 Å². The van der Waals surface area contributed by atoms with E-state index < -0.39 is 16.0 Å². The lowest BCUT2D eigenvalue weighted by atomic mass is 10.2. The van der Waals surface area contributed by atoms with Gasteiger partial charge in [0.2, 0.25) is 10.0 Å². The second-order valence-electron chi connectivity index (χ2n) is 3.06. The first-order valence-corrected chi connectivity index (χ1v) is 7.16. The van der Waals surface area contributed by atoms with Crippen LogP contribution < -0.4 is 4.72 Å². The van der Waals surface area contributed by atoms with Crippen LogP contribution in [0, 0.1) is 3.57 Å². The van der Waals surface area contributed by atoms with Crippen LogP contribution in [0.1, 0.15) is 10.4 Å². The van der Waals surface area contributed by atoms with Crippen LogP contribution in [0.5, 0.6) is 0 Å². The van der Waals surface area contributed by atoms with E-state index in [1.54, 1.807) is 12.1 Å². The summed E-state index contributed by atoms with van der Waals surface area (Å²) in [6, 6.07) is 4.65. The number of esters is 1. The van der Waals surface area contributed by atoms with Gasteiger partial charge in [-0.25, -0.2) is 13.2 Å². The van der Waals surface area contributed by atoms with Crippen LogP contribution in [0.15, 0.2) is 18.2 Å². The molecule has 0 atom stereocenters. The van der Waals surface area contributed by atoms with Gasteiger partial charge in [-0.05, 0) is 40.8 Å². The van der Waals surface area contributed by atoms with E-state index in [-0.39, 0.29) is 0 Å². The number of rotatable bonds is 3. The minimum absolute atomic E-state index is 0.300. The fourth-order valence-electron chi connectivity index (χ4n) is 1.05. The van der Waals surface area contributed by atoms with Crippen LogP contribution in [0.25, 0.3) is 0 Å². The molecule has 0 aliphatic heterocycles. The largest absolute Gasteiger partial charge is 0.465 e. The number of anilines is 1. The van der Waals surface area contributed by atoms with E-state index in [0.717, 1.165) is 6.26 Å². The third-order valence-corrected chi connectivity index (χ3v) is 3.21. The van der Waals surface area contributed by atoms with Crippen LogP contribution in [0.4, 0.5) is 5.69 Å². The summed E-state index contributed by atoms with van der Waals surface area (Å²) in [5, 5.41) is 0. The summed E-state index contributed by atoms with van der Waals surface area (Å²) in [6.45, 7) is 0. The molecular formula is C9H10INO4S. The van der Waals surface area contributed by atoms with Gasteiger partial charge in [-0.2, -0.15) is 0 Å². The Kier molecular flexibility index (Phi) is 4.14. The summed E-state index contributed by atoms with van der Waals surface area (Å²) >= 11 is 1.97. The summed E-state index contributed by atoms with van der Waals surface area (Å²) in [5.41, 5.74) is 0.667. The SMILES string of the molecule is COC(=O)c1ccc(I)c(NS(C)(=O)=O)c1. The molecule has 0 bridgehead atoms. The zero-order chi connectivity index (χ0) is 12.3. The molecule has 0 amide bonds. The highest BCUT2D eigenvalue weighted by Gasteiger charge is 2.11. The molecule has 16 heavy (non-hydrogen) atoms. The molecule has 0 aliphatic carbocycles. The van der Waals surface area contributed by atoms with Gasteiger partial charge in [0.1, 0.15) is 0 Å². The lowest BCUT2D eigenvalue weighted by molar-refractivity contribution is 0.0601. The van der Waals surface area contributed by atoms with Gasteiger partial charge >= 0.3 is 5.97 Å². The minimum atomic E-state index is -3.36. The first kappa shape index (κ1) is 13.2. The van der Waals surface area contributed by atoms with Crippen LogP contribution in [-0.4, -0.2) is 27.8 Å². The second-order valence-corrected chi connectivity index (χ2v) is 5.97. The quantitative estimate of drug-likeness (QED) is 0.658. The highest BCUT2D eigenvalue weighted by Crippen LogP contribution is 2.21. The van der Waals surface area contributed by atoms with E-state index in [1.807, 2.05) is 22.6 Å². The predicted molar refractivity (Wildman–Crippen MR) is 69.0 cm³/mol. The normalized spacial score (nSPS) is 10.9. The van der Waals surface area contributed by atoms with Crippen molar-refractivity contribution in [1.82, 2.24) is 0 Å². The molecule has 1 aromatic carbocycles. The van der Waals surface area contributed by atoms with E-state index >= 15 is 0 Å². The number of nitrogens with one attached hydrogen (secondary N) is 1. The number of sulfonamides is 1. The maximum Gasteiger partial charge on any atom is 0.337 e. The van der Waals surface area contributed by atoms with Gasteiger partial charge in [-0.15, -0.1) is 0 Å². The van der Waals surface area contributed by atoms with Crippen molar-refractivity contribution in [3.8, 4) is 0 Å². The number of hydrogen-bond donors (Lipinski definition) is 1. The summed E-state index contributed by atoms with van der Waals surface area (Å²) in [4.78, 5) is 11.2. The number of hydrogen-bond acceptors (Lipinski definition) is 4. The van der Waals surface area contributed by atoms with Gasteiger partial charge in [-0.1, -0.05) is 0 Å². The Balaban J connectivity index is 3.14. The highest BCUT2D eigenvalue weighted by molar-refractivity contribution is 14.1. The molecule has 0 fully saturated rings. The van der Waals surface area contributed by atoms with Gasteiger partial charge < -0.3 is 4.74 Å². The summed E-state index contributed by atoms with van der Waals surface area (Å²) in [7, 11) is -2.09. The van der Waals surface area contributed by atoms with Gasteiger partial charge in [0.15, 0.2) is 0 Å². The molecule has 0 saturated carbocycles. The Morgan fingerprint density at radius 3 is 2.56 bits per heavy atom. The fraction of sp³-hybridized carbons (Fsp3) is 0.222. The first-order valence-electron chi connectivity index (χ1n) is 4.19. The molecule has 1 N–H and O–H groups in total. The molecule has 0 saturated heterocycles. The fourth-order valence-corrected chi connectivity index (χ4v) is 2.27. The van der Waals surface area contributed by atoms with Gasteiger partial charge in [0.25, 0.3) is 0 Å². The number of halogens is 1. The average Bonchev–Trinajstić information content (AvgIpc) is 2.18. The third-order valence-electron chi connectivity index (χ3n) is 1.68. The smallest absolute Gasteiger partial charge is 0.337 e. The first-order chi connectivity index (χ1) is 7.33. The summed E-state index contributed by atoms with van der Waals surface area (Å²) in [6.07, 6.45) is 1.05. The Hall–Kier alpha value is -0.830. The lowest BCUT2D eigenvalue weighted by Gasteiger charge is -2.08. The van der Waals surface area contributed by atoms with Crippen LogP contribution in [0.3, 0.4) is 0 Å². The Bertz CT molecular complexity index is 512. The predicted octanol–water partition coefficient (Wildman–Crippen LogP) is 1.45. The molecule has 1 rings (SSSR count). The molecule has 7 heteroatoms. The number of methoxy groups -OCH3 is 1. The van der Waals surface area contributed by atoms with Crippen molar-refractivity contribution in [3.63, 3.8) is 0 Å². The van der Waals surface area contributed by atoms with Crippen molar-refractivity contribution in [2.24, 2.45) is 0 Å². The van der Waals surface area contributed by atoms with Crippen molar-refractivity contribution in [2.75, 3.05) is 18.1 Å². The Morgan fingerprint density at radius 2 is 2.06 bits per heavy atom. The van der Waals surface area contributed by atoms with Crippen LogP contribution in [-0.2, 0) is 14.8 Å². The molecule has 88 valence electrons. The zero-order valence-electron chi connectivity index (χ0n) is 8.65. The Labute approximate surface area is 107 Å². The molecule has 0 spiro atoms. The molecule has 0 radical (unpaired) electrons. The minimum Gasteiger partial charge on any atom is -0.465 e. The molecule has 0 aliphatic rings. The van der Waals surface area contributed by atoms with Gasteiger partial charge in [0.05, 0.1) is 24.6 Å². The molecule has 5 nitrogen and oxygen atoms in total. The van der Waals surface area contributed by atoms with Crippen molar-refractivity contribution >= 4 is 44.3 Å². The highest BCUT2D eigenvalue weighted by atomic mass is 127. The van der Waals surface area contributed by atoms with Gasteiger partial charge in [-0.3, -0.25) is 4.72 Å². The van der Waals surface area contributed by atoms with E-state index in [1.165, 1.54) is 13.2 Å². The standard InChI is InChI=1S/C9H10INO4S/c1-15-9(12)6-3-4-7(10)8(5-6)11-16(2,13)14/h3-5,11H,1-2H3. The molecule has 1 aromatic rings. The topological polar surface area (TPSA) is 72.5 Å². The zero-order valence-corrected chi connectivity index (χ0v) is 11.6. The molecule has 0 heterocycles. The third kappa shape index (κ3) is 3.63. The van der Waals surface area contributed by atoms with Crippen LogP contribution >= 0.6 is 22.6 Å². The van der Waals surface area contributed by atoms with E-state index in [2.05, 4.69) is 9.46 Å². The van der Waals surface area contributed by atoms with Gasteiger partial charge in [0, 0.05) is 3.57 Å². The molecule has 0 aromatic heterocycles. The Morgan fingerprint density at radius 1 is 1.44 bits per heavy atom. The molecule has 0 unspecified atom stereocenters.